The van der Waals surface area contributed by atoms with Gasteiger partial charge in [-0.15, -0.1) is 6.58 Å². The van der Waals surface area contributed by atoms with E-state index in [1.165, 1.54) is 18.1 Å². The number of carbonyl (C=O) groups is 2. The van der Waals surface area contributed by atoms with Gasteiger partial charge in [-0.05, 0) is 6.42 Å². The smallest absolute Gasteiger partial charge is 0.410 e. The predicted molar refractivity (Wildman–Crippen MR) is 52.6 cm³/mol. The summed E-state index contributed by atoms with van der Waals surface area (Å²) in [5, 5.41) is 0. The number of carbonyl (C=O) groups excluding carboxylic acids is 2. The number of nitrogens with zero attached hydrogens (tertiary/aromatic N) is 1. The minimum absolute atomic E-state index is 0.244. The van der Waals surface area contributed by atoms with Crippen molar-refractivity contribution in [1.82, 2.24) is 4.90 Å². The molecule has 0 spiro atoms. The van der Waals surface area contributed by atoms with Gasteiger partial charge in [-0.1, -0.05) is 13.0 Å². The van der Waals surface area contributed by atoms with Crippen LogP contribution in [0.5, 0.6) is 0 Å². The van der Waals surface area contributed by atoms with Crippen molar-refractivity contribution in [2.24, 2.45) is 5.73 Å². The number of ether oxygens (including phenoxy) is 1. The Hall–Kier alpha value is -1.52. The zero-order chi connectivity index (χ0) is 11.1. The third kappa shape index (κ3) is 3.08. The molecule has 0 aliphatic carbocycles. The Morgan fingerprint density at radius 2 is 2.21 bits per heavy atom. The molecule has 0 aliphatic heterocycles. The van der Waals surface area contributed by atoms with Gasteiger partial charge < -0.3 is 10.5 Å². The molecule has 0 bridgehead atoms. The van der Waals surface area contributed by atoms with E-state index in [2.05, 4.69) is 11.3 Å². The third-order valence-electron chi connectivity index (χ3n) is 1.83. The maximum absolute atomic E-state index is 11.3. The highest BCUT2D eigenvalue weighted by Crippen LogP contribution is 2.05. The number of rotatable bonds is 5. The molecule has 0 unspecified atom stereocenters. The van der Waals surface area contributed by atoms with Crippen LogP contribution in [-0.2, 0) is 9.53 Å². The fraction of sp³-hybridized carbons (Fsp3) is 0.556. The van der Waals surface area contributed by atoms with Gasteiger partial charge in [0.05, 0.1) is 7.11 Å². The van der Waals surface area contributed by atoms with Crippen molar-refractivity contribution in [2.45, 2.75) is 19.4 Å². The van der Waals surface area contributed by atoms with Crippen molar-refractivity contribution in [2.75, 3.05) is 13.7 Å². The van der Waals surface area contributed by atoms with Crippen LogP contribution in [0.1, 0.15) is 13.3 Å². The van der Waals surface area contributed by atoms with Crippen LogP contribution in [0.3, 0.4) is 0 Å². The molecule has 0 saturated carbocycles. The van der Waals surface area contributed by atoms with Crippen LogP contribution in [0.15, 0.2) is 12.7 Å². The maximum Gasteiger partial charge on any atom is 0.410 e. The van der Waals surface area contributed by atoms with E-state index < -0.39 is 18.0 Å². The largest absolute Gasteiger partial charge is 0.453 e. The van der Waals surface area contributed by atoms with Gasteiger partial charge in [-0.25, -0.2) is 4.79 Å². The summed E-state index contributed by atoms with van der Waals surface area (Å²) in [4.78, 5) is 23.5. The van der Waals surface area contributed by atoms with E-state index in [4.69, 9.17) is 5.73 Å². The Morgan fingerprint density at radius 1 is 1.64 bits per heavy atom. The minimum atomic E-state index is -0.638. The van der Waals surface area contributed by atoms with Gasteiger partial charge in [0.2, 0.25) is 5.91 Å². The van der Waals surface area contributed by atoms with Crippen LogP contribution in [0, 0.1) is 0 Å². The SMILES string of the molecule is C=CCN(C(=O)OC)[C@@H](CC)C(N)=O. The van der Waals surface area contributed by atoms with Gasteiger partial charge in [-0.3, -0.25) is 9.69 Å². The molecule has 0 heterocycles. The zero-order valence-corrected chi connectivity index (χ0v) is 8.53. The predicted octanol–water partition coefficient (Wildman–Crippen LogP) is 0.505. The number of hydrogen-bond acceptors (Lipinski definition) is 3. The summed E-state index contributed by atoms with van der Waals surface area (Å²) in [5.41, 5.74) is 5.15. The van der Waals surface area contributed by atoms with Crippen molar-refractivity contribution in [3.8, 4) is 0 Å². The van der Waals surface area contributed by atoms with Crippen LogP contribution < -0.4 is 5.73 Å². The van der Waals surface area contributed by atoms with Crippen molar-refractivity contribution in [3.05, 3.63) is 12.7 Å². The molecule has 0 aromatic rings. The average molecular weight is 200 g/mol. The maximum atomic E-state index is 11.3. The Balaban J connectivity index is 4.67. The molecule has 5 nitrogen and oxygen atoms in total. The Bertz CT molecular complexity index is 228. The molecule has 0 fully saturated rings. The highest BCUT2D eigenvalue weighted by Gasteiger charge is 2.25. The molecular formula is C9H16N2O3. The number of methoxy groups -OCH3 is 1. The van der Waals surface area contributed by atoms with Crippen LogP contribution in [0.2, 0.25) is 0 Å². The van der Waals surface area contributed by atoms with Crippen molar-refractivity contribution in [3.63, 3.8) is 0 Å². The highest BCUT2D eigenvalue weighted by molar-refractivity contribution is 5.84. The zero-order valence-electron chi connectivity index (χ0n) is 8.53. The van der Waals surface area contributed by atoms with Gasteiger partial charge in [0.15, 0.2) is 0 Å². The lowest BCUT2D eigenvalue weighted by molar-refractivity contribution is -0.122. The Labute approximate surface area is 83.5 Å². The van der Waals surface area contributed by atoms with Gasteiger partial charge >= 0.3 is 6.09 Å². The van der Waals surface area contributed by atoms with E-state index in [1.54, 1.807) is 6.92 Å². The van der Waals surface area contributed by atoms with Crippen molar-refractivity contribution < 1.29 is 14.3 Å². The molecule has 2 amide bonds. The lowest BCUT2D eigenvalue weighted by Crippen LogP contribution is -2.47. The quantitative estimate of drug-likeness (QED) is 0.657. The average Bonchev–Trinajstić information content (AvgIpc) is 2.16. The molecule has 14 heavy (non-hydrogen) atoms. The number of primary amides is 1. The monoisotopic (exact) mass is 200 g/mol. The second-order valence-electron chi connectivity index (χ2n) is 2.74. The fourth-order valence-corrected chi connectivity index (χ4v) is 1.16. The Morgan fingerprint density at radius 3 is 2.50 bits per heavy atom. The van der Waals surface area contributed by atoms with E-state index in [9.17, 15) is 9.59 Å². The van der Waals surface area contributed by atoms with Gasteiger partial charge in [-0.2, -0.15) is 0 Å². The highest BCUT2D eigenvalue weighted by atomic mass is 16.5. The van der Waals surface area contributed by atoms with E-state index in [0.29, 0.717) is 6.42 Å². The van der Waals surface area contributed by atoms with Crippen molar-refractivity contribution >= 4 is 12.0 Å². The standard InChI is InChI=1S/C9H16N2O3/c1-4-6-11(9(13)14-3)7(5-2)8(10)12/h4,7H,1,5-6H2,2-3H3,(H2,10,12)/t7-/m0/s1. The topological polar surface area (TPSA) is 72.6 Å². The van der Waals surface area contributed by atoms with Crippen LogP contribution in [0.4, 0.5) is 4.79 Å². The van der Waals surface area contributed by atoms with E-state index >= 15 is 0 Å². The molecule has 0 saturated heterocycles. The summed E-state index contributed by atoms with van der Waals surface area (Å²) < 4.78 is 4.53. The summed E-state index contributed by atoms with van der Waals surface area (Å²) in [6.45, 7) is 5.51. The minimum Gasteiger partial charge on any atom is -0.453 e. The normalized spacial score (nSPS) is 11.6. The molecule has 0 radical (unpaired) electrons. The van der Waals surface area contributed by atoms with E-state index in [-0.39, 0.29) is 6.54 Å². The van der Waals surface area contributed by atoms with Crippen LogP contribution in [-0.4, -0.2) is 36.6 Å². The number of nitrogens with two attached hydrogens (primary N) is 1. The number of amides is 2. The molecule has 0 aromatic heterocycles. The second kappa shape index (κ2) is 6.01. The Kier molecular flexibility index (Phi) is 5.36. The lowest BCUT2D eigenvalue weighted by Gasteiger charge is -2.26. The molecule has 80 valence electrons. The molecule has 0 rings (SSSR count). The molecule has 0 aromatic carbocycles. The first-order chi connectivity index (χ1) is 6.58. The summed E-state index contributed by atoms with van der Waals surface area (Å²) in [5.74, 6) is -0.542. The fourth-order valence-electron chi connectivity index (χ4n) is 1.16. The van der Waals surface area contributed by atoms with Crippen molar-refractivity contribution in [1.29, 1.82) is 0 Å². The van der Waals surface area contributed by atoms with Gasteiger partial charge in [0, 0.05) is 6.54 Å². The van der Waals surface area contributed by atoms with Crippen LogP contribution in [0.25, 0.3) is 0 Å². The van der Waals surface area contributed by atoms with Gasteiger partial charge in [0.1, 0.15) is 6.04 Å². The lowest BCUT2D eigenvalue weighted by atomic mass is 10.2. The van der Waals surface area contributed by atoms with E-state index in [1.807, 2.05) is 0 Å². The molecular weight excluding hydrogens is 184 g/mol. The molecule has 2 N–H and O–H groups in total. The molecule has 1 atom stereocenters. The molecule has 0 aliphatic rings. The van der Waals surface area contributed by atoms with Crippen LogP contribution >= 0.6 is 0 Å². The second-order valence-corrected chi connectivity index (χ2v) is 2.74. The first kappa shape index (κ1) is 12.5. The summed E-state index contributed by atoms with van der Waals surface area (Å²) in [7, 11) is 1.26. The summed E-state index contributed by atoms with van der Waals surface area (Å²) in [6, 6.07) is -0.638. The first-order valence-electron chi connectivity index (χ1n) is 4.33. The first-order valence-corrected chi connectivity index (χ1v) is 4.33. The third-order valence-corrected chi connectivity index (χ3v) is 1.83. The molecule has 5 heteroatoms. The summed E-state index contributed by atoms with van der Waals surface area (Å²) in [6.07, 6.45) is 1.40. The number of hydrogen-bond donors (Lipinski definition) is 1. The van der Waals surface area contributed by atoms with E-state index in [0.717, 1.165) is 0 Å². The summed E-state index contributed by atoms with van der Waals surface area (Å²) >= 11 is 0. The van der Waals surface area contributed by atoms with Gasteiger partial charge in [0.25, 0.3) is 0 Å².